The van der Waals surface area contributed by atoms with Crippen LogP contribution in [-0.2, 0) is 4.74 Å². The topological polar surface area (TPSA) is 59.7 Å². The van der Waals surface area contributed by atoms with Gasteiger partial charge in [-0.1, -0.05) is 33.6 Å². The number of aryl methyl sites for hydroxylation is 1. The third-order valence-corrected chi connectivity index (χ3v) is 4.82. The van der Waals surface area contributed by atoms with Gasteiger partial charge in [0.05, 0.1) is 18.4 Å². The number of carbonyl (C=O) groups excluding carboxylic acids is 1. The van der Waals surface area contributed by atoms with Crippen molar-refractivity contribution >= 4 is 11.6 Å². The van der Waals surface area contributed by atoms with Crippen LogP contribution in [0.2, 0.25) is 0 Å². The van der Waals surface area contributed by atoms with Gasteiger partial charge in [-0.3, -0.25) is 4.79 Å². The van der Waals surface area contributed by atoms with E-state index in [1.165, 1.54) is 0 Å². The predicted molar refractivity (Wildman–Crippen MR) is 96.7 cm³/mol. The second-order valence-corrected chi connectivity index (χ2v) is 7.35. The number of nitrogens with zero attached hydrogens (tertiary/aromatic N) is 4. The van der Waals surface area contributed by atoms with Crippen LogP contribution in [0.25, 0.3) is 5.65 Å². The highest BCUT2D eigenvalue weighted by molar-refractivity contribution is 5.99. The average molecular weight is 344 g/mol. The molecule has 2 aromatic heterocycles. The lowest BCUT2D eigenvalue weighted by molar-refractivity contribution is -0.0962. The van der Waals surface area contributed by atoms with Crippen molar-refractivity contribution in [2.75, 3.05) is 13.1 Å². The van der Waals surface area contributed by atoms with E-state index in [4.69, 9.17) is 4.74 Å². The molecular formula is C19H28N4O2. The molecule has 25 heavy (non-hydrogen) atoms. The number of fused-ring (bicyclic) bond motifs is 1. The van der Waals surface area contributed by atoms with E-state index >= 15 is 0 Å². The summed E-state index contributed by atoms with van der Waals surface area (Å²) < 4.78 is 7.90. The Morgan fingerprint density at radius 2 is 2.16 bits per heavy atom. The number of ether oxygens (including phenoxy) is 1. The lowest BCUT2D eigenvalue weighted by Crippen LogP contribution is -2.51. The van der Waals surface area contributed by atoms with Crippen molar-refractivity contribution in [1.82, 2.24) is 19.5 Å². The summed E-state index contributed by atoms with van der Waals surface area (Å²) >= 11 is 0. The fourth-order valence-electron chi connectivity index (χ4n) is 3.29. The van der Waals surface area contributed by atoms with Crippen LogP contribution in [0.4, 0.5) is 0 Å². The average Bonchev–Trinajstić information content (AvgIpc) is 3.01. The SMILES string of the molecule is CCCC[C@@H]1CN(C(=O)c2cnn3cc(C)cnc23)C[C@H](C(C)C)O1. The lowest BCUT2D eigenvalue weighted by atomic mass is 10.0. The molecule has 0 saturated carbocycles. The molecule has 0 unspecified atom stereocenters. The number of amides is 1. The number of aromatic nitrogens is 3. The minimum Gasteiger partial charge on any atom is -0.371 e. The van der Waals surface area contributed by atoms with Crippen LogP contribution in [0.3, 0.4) is 0 Å². The minimum atomic E-state index is 0.00167. The second-order valence-electron chi connectivity index (χ2n) is 7.35. The fraction of sp³-hybridized carbons (Fsp3) is 0.632. The number of carbonyl (C=O) groups is 1. The Kier molecular flexibility index (Phi) is 5.37. The Bertz CT molecular complexity index is 740. The van der Waals surface area contributed by atoms with E-state index in [0.717, 1.165) is 24.8 Å². The number of hydrogen-bond donors (Lipinski definition) is 0. The second kappa shape index (κ2) is 7.52. The van der Waals surface area contributed by atoms with Crippen LogP contribution in [0.15, 0.2) is 18.6 Å². The molecular weight excluding hydrogens is 316 g/mol. The zero-order valence-corrected chi connectivity index (χ0v) is 15.6. The van der Waals surface area contributed by atoms with Gasteiger partial charge in [0.2, 0.25) is 0 Å². The Labute approximate surface area is 149 Å². The molecule has 1 fully saturated rings. The van der Waals surface area contributed by atoms with Gasteiger partial charge in [0.15, 0.2) is 5.65 Å². The summed E-state index contributed by atoms with van der Waals surface area (Å²) in [5.41, 5.74) is 2.20. The summed E-state index contributed by atoms with van der Waals surface area (Å²) in [5.74, 6) is 0.381. The molecule has 0 aromatic carbocycles. The number of hydrogen-bond acceptors (Lipinski definition) is 4. The normalized spacial score (nSPS) is 21.2. The summed E-state index contributed by atoms with van der Waals surface area (Å²) in [5, 5.41) is 4.29. The summed E-state index contributed by atoms with van der Waals surface area (Å²) in [6.45, 7) is 9.71. The van der Waals surface area contributed by atoms with Crippen LogP contribution < -0.4 is 0 Å². The van der Waals surface area contributed by atoms with E-state index < -0.39 is 0 Å². The lowest BCUT2D eigenvalue weighted by Gasteiger charge is -2.39. The first-order valence-corrected chi connectivity index (χ1v) is 9.24. The highest BCUT2D eigenvalue weighted by Gasteiger charge is 2.33. The molecule has 0 N–H and O–H groups in total. The summed E-state index contributed by atoms with van der Waals surface area (Å²) in [7, 11) is 0. The van der Waals surface area contributed by atoms with Crippen molar-refractivity contribution in [3.05, 3.63) is 29.7 Å². The zero-order valence-electron chi connectivity index (χ0n) is 15.6. The van der Waals surface area contributed by atoms with E-state index in [9.17, 15) is 4.79 Å². The number of morpholine rings is 1. The van der Waals surface area contributed by atoms with Gasteiger partial charge < -0.3 is 9.64 Å². The van der Waals surface area contributed by atoms with E-state index in [0.29, 0.717) is 30.2 Å². The van der Waals surface area contributed by atoms with E-state index in [-0.39, 0.29) is 18.1 Å². The summed E-state index contributed by atoms with van der Waals surface area (Å²) in [6.07, 6.45) is 8.74. The highest BCUT2D eigenvalue weighted by atomic mass is 16.5. The van der Waals surface area contributed by atoms with Gasteiger partial charge in [-0.2, -0.15) is 5.10 Å². The molecule has 6 heteroatoms. The first kappa shape index (κ1) is 17.9. The van der Waals surface area contributed by atoms with Gasteiger partial charge >= 0.3 is 0 Å². The molecule has 6 nitrogen and oxygen atoms in total. The van der Waals surface area contributed by atoms with E-state index in [2.05, 4.69) is 30.9 Å². The molecule has 2 aromatic rings. The van der Waals surface area contributed by atoms with Gasteiger partial charge in [-0.15, -0.1) is 0 Å². The van der Waals surface area contributed by atoms with Gasteiger partial charge in [-0.05, 0) is 24.8 Å². The monoisotopic (exact) mass is 344 g/mol. The van der Waals surface area contributed by atoms with Crippen LogP contribution in [0, 0.1) is 12.8 Å². The van der Waals surface area contributed by atoms with E-state index in [1.807, 2.05) is 18.0 Å². The molecule has 0 bridgehead atoms. The Morgan fingerprint density at radius 3 is 2.88 bits per heavy atom. The van der Waals surface area contributed by atoms with Crippen LogP contribution in [0.1, 0.15) is 56.0 Å². The maximum Gasteiger partial charge on any atom is 0.259 e. The quantitative estimate of drug-likeness (QED) is 0.836. The van der Waals surface area contributed by atoms with Crippen LogP contribution >= 0.6 is 0 Å². The number of rotatable bonds is 5. The van der Waals surface area contributed by atoms with Gasteiger partial charge in [0, 0.05) is 25.5 Å². The van der Waals surface area contributed by atoms with Crippen LogP contribution in [0.5, 0.6) is 0 Å². The summed E-state index contributed by atoms with van der Waals surface area (Å²) in [6, 6.07) is 0. The molecule has 3 rings (SSSR count). The Morgan fingerprint density at radius 1 is 1.36 bits per heavy atom. The molecule has 1 amide bonds. The van der Waals surface area contributed by atoms with Crippen molar-refractivity contribution in [3.63, 3.8) is 0 Å². The highest BCUT2D eigenvalue weighted by Crippen LogP contribution is 2.23. The molecule has 0 aliphatic carbocycles. The molecule has 3 heterocycles. The molecule has 1 saturated heterocycles. The minimum absolute atomic E-state index is 0.00167. The fourth-order valence-corrected chi connectivity index (χ4v) is 3.29. The standard InChI is InChI=1S/C19H28N4O2/c1-5-6-7-15-11-22(12-17(25-15)13(2)3)19(24)16-9-21-23-10-14(4)8-20-18(16)23/h8-10,13,15,17H,5-7,11-12H2,1-4H3/t15-,17-/m1/s1. The van der Waals surface area contributed by atoms with Crippen molar-refractivity contribution < 1.29 is 9.53 Å². The van der Waals surface area contributed by atoms with Crippen molar-refractivity contribution in [1.29, 1.82) is 0 Å². The molecule has 1 aliphatic rings. The smallest absolute Gasteiger partial charge is 0.259 e. The molecule has 1 aliphatic heterocycles. The third-order valence-electron chi connectivity index (χ3n) is 4.82. The van der Waals surface area contributed by atoms with Gasteiger partial charge in [-0.25, -0.2) is 9.50 Å². The maximum absolute atomic E-state index is 13.1. The first-order chi connectivity index (χ1) is 12.0. The van der Waals surface area contributed by atoms with Crippen LogP contribution in [-0.4, -0.2) is 50.7 Å². The Balaban J connectivity index is 1.83. The van der Waals surface area contributed by atoms with E-state index in [1.54, 1.807) is 16.9 Å². The third kappa shape index (κ3) is 3.84. The largest absolute Gasteiger partial charge is 0.371 e. The predicted octanol–water partition coefficient (Wildman–Crippen LogP) is 3.09. The first-order valence-electron chi connectivity index (χ1n) is 9.24. The number of unbranched alkanes of at least 4 members (excludes halogenated alkanes) is 1. The Hall–Kier alpha value is -1.95. The molecule has 2 atom stereocenters. The molecule has 0 radical (unpaired) electrons. The maximum atomic E-state index is 13.1. The van der Waals surface area contributed by atoms with Gasteiger partial charge in [0.25, 0.3) is 5.91 Å². The summed E-state index contributed by atoms with van der Waals surface area (Å²) in [4.78, 5) is 19.4. The molecule has 136 valence electrons. The van der Waals surface area contributed by atoms with Crippen molar-refractivity contribution in [2.24, 2.45) is 5.92 Å². The van der Waals surface area contributed by atoms with Gasteiger partial charge in [0.1, 0.15) is 5.56 Å². The van der Waals surface area contributed by atoms with Crippen molar-refractivity contribution in [3.8, 4) is 0 Å². The van der Waals surface area contributed by atoms with Crippen molar-refractivity contribution in [2.45, 2.75) is 59.2 Å². The zero-order chi connectivity index (χ0) is 18.0. The molecule has 0 spiro atoms.